The van der Waals surface area contributed by atoms with Crippen LogP contribution in [0.5, 0.6) is 0 Å². The highest BCUT2D eigenvalue weighted by molar-refractivity contribution is 14.1. The van der Waals surface area contributed by atoms with Gasteiger partial charge in [0, 0.05) is 4.43 Å². The summed E-state index contributed by atoms with van der Waals surface area (Å²) in [6, 6.07) is 0. The molecule has 0 saturated carbocycles. The van der Waals surface area contributed by atoms with Crippen molar-refractivity contribution in [1.82, 2.24) is 0 Å². The molecule has 1 unspecified atom stereocenters. The Morgan fingerprint density at radius 2 is 2.00 bits per heavy atom. The van der Waals surface area contributed by atoms with Crippen LogP contribution in [0.2, 0.25) is 0 Å². The van der Waals surface area contributed by atoms with Crippen LogP contribution in [-0.2, 0) is 14.3 Å². The van der Waals surface area contributed by atoms with E-state index in [1.54, 1.807) is 13.8 Å². The largest absolute Gasteiger partial charge is 0.465 e. The quantitative estimate of drug-likeness (QED) is 0.341. The van der Waals surface area contributed by atoms with Crippen molar-refractivity contribution in [2.24, 2.45) is 5.41 Å². The zero-order chi connectivity index (χ0) is 9.78. The highest BCUT2D eigenvalue weighted by Gasteiger charge is 2.38. The predicted octanol–water partition coefficient (Wildman–Crippen LogP) is 1.58. The normalized spacial score (nSPS) is 15.0. The van der Waals surface area contributed by atoms with E-state index in [2.05, 4.69) is 0 Å². The number of alkyl halides is 1. The summed E-state index contributed by atoms with van der Waals surface area (Å²) in [6.45, 7) is 5.07. The smallest absolute Gasteiger partial charge is 0.320 e. The van der Waals surface area contributed by atoms with E-state index in [-0.39, 0.29) is 5.78 Å². The second-order valence-corrected chi connectivity index (χ2v) is 3.51. The lowest BCUT2D eigenvalue weighted by Crippen LogP contribution is -2.38. The molecule has 3 nitrogen and oxygen atoms in total. The van der Waals surface area contributed by atoms with Gasteiger partial charge in [0.1, 0.15) is 11.2 Å². The van der Waals surface area contributed by atoms with Crippen LogP contribution in [0, 0.1) is 5.41 Å². The summed E-state index contributed by atoms with van der Waals surface area (Å²) in [4.78, 5) is 22.4. The van der Waals surface area contributed by atoms with Gasteiger partial charge in [0.2, 0.25) is 0 Å². The van der Waals surface area contributed by atoms with Crippen LogP contribution in [0.1, 0.15) is 20.8 Å². The van der Waals surface area contributed by atoms with Crippen LogP contribution in [0.4, 0.5) is 0 Å². The Morgan fingerprint density at radius 1 is 1.50 bits per heavy atom. The number of hydrogen-bond donors (Lipinski definition) is 0. The van der Waals surface area contributed by atoms with Gasteiger partial charge >= 0.3 is 5.97 Å². The topological polar surface area (TPSA) is 43.4 Å². The minimum Gasteiger partial charge on any atom is -0.465 e. The van der Waals surface area contributed by atoms with Crippen molar-refractivity contribution in [1.29, 1.82) is 0 Å². The van der Waals surface area contributed by atoms with Gasteiger partial charge in [-0.2, -0.15) is 0 Å². The molecule has 0 aromatic heterocycles. The third kappa shape index (κ3) is 2.43. The molecule has 0 heterocycles. The van der Waals surface area contributed by atoms with Gasteiger partial charge in [0.05, 0.1) is 6.61 Å². The van der Waals surface area contributed by atoms with E-state index < -0.39 is 11.4 Å². The molecule has 4 heteroatoms. The molecule has 12 heavy (non-hydrogen) atoms. The van der Waals surface area contributed by atoms with E-state index in [1.165, 1.54) is 6.92 Å². The van der Waals surface area contributed by atoms with Crippen molar-refractivity contribution in [2.45, 2.75) is 20.8 Å². The second kappa shape index (κ2) is 4.79. The Labute approximate surface area is 86.0 Å². The maximum Gasteiger partial charge on any atom is 0.320 e. The van der Waals surface area contributed by atoms with Crippen LogP contribution in [-0.4, -0.2) is 22.8 Å². The molecule has 0 aromatic rings. The molecule has 0 aliphatic rings. The zero-order valence-electron chi connectivity index (χ0n) is 7.52. The van der Waals surface area contributed by atoms with Gasteiger partial charge in [-0.15, -0.1) is 0 Å². The van der Waals surface area contributed by atoms with Gasteiger partial charge in [-0.1, -0.05) is 22.6 Å². The molecule has 0 fully saturated rings. The SMILES string of the molecule is CCOC(=O)C(C)(CI)C(C)=O. The summed E-state index contributed by atoms with van der Waals surface area (Å²) in [5, 5.41) is 0. The highest BCUT2D eigenvalue weighted by atomic mass is 127. The van der Waals surface area contributed by atoms with Crippen LogP contribution in [0.3, 0.4) is 0 Å². The Kier molecular flexibility index (Phi) is 4.74. The van der Waals surface area contributed by atoms with Crippen molar-refractivity contribution < 1.29 is 14.3 Å². The third-order valence-electron chi connectivity index (χ3n) is 1.77. The fourth-order valence-electron chi connectivity index (χ4n) is 0.583. The molecule has 0 bridgehead atoms. The molecule has 0 rings (SSSR count). The maximum atomic E-state index is 11.3. The molecule has 0 aromatic carbocycles. The van der Waals surface area contributed by atoms with Crippen molar-refractivity contribution in [2.75, 3.05) is 11.0 Å². The molecule has 0 saturated heterocycles. The second-order valence-electron chi connectivity index (χ2n) is 2.74. The van der Waals surface area contributed by atoms with Crippen LogP contribution in [0.15, 0.2) is 0 Å². The third-order valence-corrected chi connectivity index (χ3v) is 3.30. The number of ether oxygens (including phenoxy) is 1. The molecular weight excluding hydrogens is 271 g/mol. The lowest BCUT2D eigenvalue weighted by Gasteiger charge is -2.21. The van der Waals surface area contributed by atoms with Crippen LogP contribution >= 0.6 is 22.6 Å². The first kappa shape index (κ1) is 11.9. The Balaban J connectivity index is 4.52. The summed E-state index contributed by atoms with van der Waals surface area (Å²) in [7, 11) is 0. The Hall–Kier alpha value is -0.130. The number of carbonyl (C=O) groups excluding carboxylic acids is 2. The van der Waals surface area contributed by atoms with Crippen molar-refractivity contribution in [3.63, 3.8) is 0 Å². The molecule has 0 amide bonds. The minimum absolute atomic E-state index is 0.143. The number of carbonyl (C=O) groups is 2. The number of Topliss-reactive ketones (excluding diaryl/α,β-unsaturated/α-hetero) is 1. The zero-order valence-corrected chi connectivity index (χ0v) is 9.67. The average molecular weight is 284 g/mol. The van der Waals surface area contributed by atoms with E-state index in [9.17, 15) is 9.59 Å². The fourth-order valence-corrected chi connectivity index (χ4v) is 1.43. The lowest BCUT2D eigenvalue weighted by molar-refractivity contribution is -0.156. The first-order valence-electron chi connectivity index (χ1n) is 3.73. The summed E-state index contributed by atoms with van der Waals surface area (Å²) >= 11 is 2.01. The van der Waals surface area contributed by atoms with Gasteiger partial charge in [-0.25, -0.2) is 0 Å². The molecule has 0 N–H and O–H groups in total. The van der Waals surface area contributed by atoms with Crippen molar-refractivity contribution >= 4 is 34.3 Å². The van der Waals surface area contributed by atoms with E-state index in [0.29, 0.717) is 11.0 Å². The molecule has 1 atom stereocenters. The number of esters is 1. The Morgan fingerprint density at radius 3 is 2.25 bits per heavy atom. The number of hydrogen-bond acceptors (Lipinski definition) is 3. The summed E-state index contributed by atoms with van der Waals surface area (Å²) in [5.74, 6) is -0.567. The number of rotatable bonds is 4. The van der Waals surface area contributed by atoms with Crippen molar-refractivity contribution in [3.8, 4) is 0 Å². The summed E-state index contributed by atoms with van der Waals surface area (Å²) in [5.41, 5.74) is -0.962. The Bertz CT molecular complexity index is 191. The van der Waals surface area contributed by atoms with E-state index in [1.807, 2.05) is 22.6 Å². The molecule has 0 aliphatic heterocycles. The van der Waals surface area contributed by atoms with Gasteiger partial charge in [0.25, 0.3) is 0 Å². The van der Waals surface area contributed by atoms with E-state index in [0.717, 1.165) is 0 Å². The highest BCUT2D eigenvalue weighted by Crippen LogP contribution is 2.22. The van der Waals surface area contributed by atoms with Gasteiger partial charge in [-0.3, -0.25) is 9.59 Å². The average Bonchev–Trinajstić information content (AvgIpc) is 2.03. The van der Waals surface area contributed by atoms with E-state index in [4.69, 9.17) is 4.74 Å². The predicted molar refractivity (Wildman–Crippen MR) is 54.3 cm³/mol. The van der Waals surface area contributed by atoms with Crippen molar-refractivity contribution in [3.05, 3.63) is 0 Å². The minimum atomic E-state index is -0.962. The lowest BCUT2D eigenvalue weighted by atomic mass is 9.89. The maximum absolute atomic E-state index is 11.3. The molecule has 0 aliphatic carbocycles. The van der Waals surface area contributed by atoms with Crippen LogP contribution < -0.4 is 0 Å². The molecule has 70 valence electrons. The van der Waals surface area contributed by atoms with Gasteiger partial charge in [0.15, 0.2) is 0 Å². The van der Waals surface area contributed by atoms with Gasteiger partial charge < -0.3 is 4.74 Å². The fraction of sp³-hybridized carbons (Fsp3) is 0.750. The number of halogens is 1. The number of ketones is 1. The standard InChI is InChI=1S/C8H13IO3/c1-4-12-7(11)8(3,5-9)6(2)10/h4-5H2,1-3H3. The molecule has 0 spiro atoms. The molecule has 0 radical (unpaired) electrons. The van der Waals surface area contributed by atoms with E-state index >= 15 is 0 Å². The summed E-state index contributed by atoms with van der Waals surface area (Å²) in [6.07, 6.45) is 0. The first-order valence-corrected chi connectivity index (χ1v) is 5.25. The van der Waals surface area contributed by atoms with Gasteiger partial charge in [-0.05, 0) is 20.8 Å². The monoisotopic (exact) mass is 284 g/mol. The van der Waals surface area contributed by atoms with Crippen LogP contribution in [0.25, 0.3) is 0 Å². The first-order chi connectivity index (χ1) is 5.49. The summed E-state index contributed by atoms with van der Waals surface area (Å²) < 4.78 is 5.25. The molecular formula is C8H13IO3.